The van der Waals surface area contributed by atoms with Crippen molar-refractivity contribution in [3.63, 3.8) is 0 Å². The number of hydrogen-bond acceptors (Lipinski definition) is 2. The zero-order valence-corrected chi connectivity index (χ0v) is 17.9. The zero-order valence-electron chi connectivity index (χ0n) is 15.8. The van der Waals surface area contributed by atoms with Crippen LogP contribution in [0.3, 0.4) is 0 Å². The van der Waals surface area contributed by atoms with Gasteiger partial charge in [0.2, 0.25) is 0 Å². The van der Waals surface area contributed by atoms with Crippen LogP contribution in [0, 0.1) is 3.57 Å². The van der Waals surface area contributed by atoms with Gasteiger partial charge in [-0.15, -0.1) is 0 Å². The minimum Gasteiger partial charge on any atom is -0.348 e. The van der Waals surface area contributed by atoms with E-state index in [9.17, 15) is 4.79 Å². The van der Waals surface area contributed by atoms with Crippen molar-refractivity contribution < 1.29 is 4.79 Å². The largest absolute Gasteiger partial charge is 0.348 e. The first-order chi connectivity index (χ1) is 14.2. The number of carbonyl (C=O) groups is 1. The van der Waals surface area contributed by atoms with Gasteiger partial charge in [-0.2, -0.15) is 5.10 Å². The Bertz CT molecular complexity index is 1110. The fourth-order valence-corrected chi connectivity index (χ4v) is 3.88. The molecule has 1 heterocycles. The van der Waals surface area contributed by atoms with Crippen molar-refractivity contribution >= 4 is 28.5 Å². The molecule has 0 fully saturated rings. The van der Waals surface area contributed by atoms with Gasteiger partial charge < -0.3 is 5.32 Å². The second kappa shape index (κ2) is 9.05. The molecule has 1 N–H and O–H groups in total. The van der Waals surface area contributed by atoms with Gasteiger partial charge in [0, 0.05) is 22.5 Å². The summed E-state index contributed by atoms with van der Waals surface area (Å²) in [5, 5.41) is 7.31. The number of benzene rings is 3. The monoisotopic (exact) mass is 493 g/mol. The van der Waals surface area contributed by atoms with Gasteiger partial charge in [0.1, 0.15) is 0 Å². The van der Waals surface area contributed by atoms with Crippen molar-refractivity contribution in [2.24, 2.45) is 0 Å². The Balaban J connectivity index is 1.49. The van der Waals surface area contributed by atoms with Crippen LogP contribution in [0.4, 0.5) is 0 Å². The van der Waals surface area contributed by atoms with Gasteiger partial charge in [0.15, 0.2) is 0 Å². The number of rotatable bonds is 6. The third-order valence-electron chi connectivity index (χ3n) is 4.74. The van der Waals surface area contributed by atoms with Crippen LogP contribution in [0.1, 0.15) is 21.5 Å². The summed E-state index contributed by atoms with van der Waals surface area (Å²) < 4.78 is 2.85. The Hall–Kier alpha value is -2.93. The summed E-state index contributed by atoms with van der Waals surface area (Å²) in [7, 11) is 0. The fraction of sp³-hybridized carbons (Fsp3) is 0.0833. The summed E-state index contributed by atoms with van der Waals surface area (Å²) in [6, 6.07) is 26.2. The molecule has 5 heteroatoms. The van der Waals surface area contributed by atoms with Crippen molar-refractivity contribution in [2.45, 2.75) is 13.1 Å². The van der Waals surface area contributed by atoms with Crippen LogP contribution in [0.25, 0.3) is 11.1 Å². The molecule has 4 rings (SSSR count). The number of nitrogens with zero attached hydrogens (tertiary/aromatic N) is 2. The summed E-state index contributed by atoms with van der Waals surface area (Å²) in [4.78, 5) is 12.6. The molecule has 0 unspecified atom stereocenters. The van der Waals surface area contributed by atoms with E-state index in [0.717, 1.165) is 26.8 Å². The molecule has 0 radical (unpaired) electrons. The standard InChI is InChI=1S/C24H20IN3O/c25-23-9-4-3-8-22(23)24(29)26-16-20-6-1-2-7-21(20)19-12-10-18(11-13-19)17-28-15-5-14-27-28/h1-15H,16-17H2,(H,26,29). The number of aromatic nitrogens is 2. The lowest BCUT2D eigenvalue weighted by molar-refractivity contribution is 0.0950. The van der Waals surface area contributed by atoms with Crippen LogP contribution in [0.2, 0.25) is 0 Å². The highest BCUT2D eigenvalue weighted by Crippen LogP contribution is 2.24. The highest BCUT2D eigenvalue weighted by atomic mass is 127. The lowest BCUT2D eigenvalue weighted by atomic mass is 9.98. The zero-order chi connectivity index (χ0) is 20.1. The molecule has 144 valence electrons. The Labute approximate surface area is 183 Å². The number of nitrogens with one attached hydrogen (secondary N) is 1. The van der Waals surface area contributed by atoms with Crippen molar-refractivity contribution in [2.75, 3.05) is 0 Å². The van der Waals surface area contributed by atoms with Crippen LogP contribution in [0.5, 0.6) is 0 Å². The van der Waals surface area contributed by atoms with Gasteiger partial charge in [0.25, 0.3) is 5.91 Å². The van der Waals surface area contributed by atoms with E-state index in [1.54, 1.807) is 6.20 Å². The molecule has 0 spiro atoms. The van der Waals surface area contributed by atoms with Crippen molar-refractivity contribution in [3.05, 3.63) is 112 Å². The molecule has 0 atom stereocenters. The van der Waals surface area contributed by atoms with Crippen molar-refractivity contribution in [1.29, 1.82) is 0 Å². The third kappa shape index (κ3) is 4.74. The van der Waals surface area contributed by atoms with Crippen LogP contribution < -0.4 is 5.32 Å². The minimum absolute atomic E-state index is 0.0561. The smallest absolute Gasteiger partial charge is 0.252 e. The van der Waals surface area contributed by atoms with Crippen LogP contribution in [0.15, 0.2) is 91.3 Å². The maximum Gasteiger partial charge on any atom is 0.252 e. The third-order valence-corrected chi connectivity index (χ3v) is 5.68. The summed E-state index contributed by atoms with van der Waals surface area (Å²) in [6.45, 7) is 1.23. The first-order valence-electron chi connectivity index (χ1n) is 9.38. The molecule has 0 saturated carbocycles. The molecule has 4 aromatic rings. The van der Waals surface area contributed by atoms with E-state index in [1.807, 2.05) is 53.3 Å². The van der Waals surface area contributed by atoms with Crippen molar-refractivity contribution in [1.82, 2.24) is 15.1 Å². The van der Waals surface area contributed by atoms with Gasteiger partial charge in [-0.3, -0.25) is 9.48 Å². The van der Waals surface area contributed by atoms with Crippen LogP contribution in [-0.4, -0.2) is 15.7 Å². The quantitative estimate of drug-likeness (QED) is 0.379. The molecule has 0 aliphatic rings. The highest BCUT2D eigenvalue weighted by molar-refractivity contribution is 14.1. The lowest BCUT2D eigenvalue weighted by Crippen LogP contribution is -2.23. The van der Waals surface area contributed by atoms with E-state index >= 15 is 0 Å². The van der Waals surface area contributed by atoms with Crippen LogP contribution in [-0.2, 0) is 13.1 Å². The topological polar surface area (TPSA) is 46.9 Å². The normalized spacial score (nSPS) is 10.7. The summed E-state index contributed by atoms with van der Waals surface area (Å²) >= 11 is 2.19. The molecule has 1 aromatic heterocycles. The molecular weight excluding hydrogens is 473 g/mol. The molecule has 0 bridgehead atoms. The molecule has 0 aliphatic heterocycles. The minimum atomic E-state index is -0.0561. The Kier molecular flexibility index (Phi) is 6.05. The van der Waals surface area contributed by atoms with Crippen molar-refractivity contribution in [3.8, 4) is 11.1 Å². The van der Waals surface area contributed by atoms with Gasteiger partial charge in [-0.25, -0.2) is 0 Å². The van der Waals surface area contributed by atoms with E-state index in [1.165, 1.54) is 5.56 Å². The summed E-state index contributed by atoms with van der Waals surface area (Å²) in [5.74, 6) is -0.0561. The Morgan fingerprint density at radius 2 is 1.69 bits per heavy atom. The maximum atomic E-state index is 12.6. The molecular formula is C24H20IN3O. The van der Waals surface area contributed by atoms with E-state index in [4.69, 9.17) is 0 Å². The fourth-order valence-electron chi connectivity index (χ4n) is 3.24. The lowest BCUT2D eigenvalue weighted by Gasteiger charge is -2.12. The Morgan fingerprint density at radius 3 is 2.45 bits per heavy atom. The second-order valence-electron chi connectivity index (χ2n) is 6.72. The molecule has 0 saturated heterocycles. The molecule has 3 aromatic carbocycles. The predicted octanol–water partition coefficient (Wildman–Crippen LogP) is 5.13. The predicted molar refractivity (Wildman–Crippen MR) is 124 cm³/mol. The van der Waals surface area contributed by atoms with E-state index in [2.05, 4.69) is 69.4 Å². The number of amides is 1. The first kappa shape index (κ1) is 19.4. The highest BCUT2D eigenvalue weighted by Gasteiger charge is 2.11. The maximum absolute atomic E-state index is 12.6. The number of halogens is 1. The average Bonchev–Trinajstić information content (AvgIpc) is 3.26. The summed E-state index contributed by atoms with van der Waals surface area (Å²) in [5.41, 5.74) is 5.25. The van der Waals surface area contributed by atoms with E-state index in [0.29, 0.717) is 12.1 Å². The first-order valence-corrected chi connectivity index (χ1v) is 10.5. The van der Waals surface area contributed by atoms with Gasteiger partial charge in [-0.1, -0.05) is 60.7 Å². The second-order valence-corrected chi connectivity index (χ2v) is 7.88. The van der Waals surface area contributed by atoms with Gasteiger partial charge in [-0.05, 0) is 63.0 Å². The van der Waals surface area contributed by atoms with E-state index < -0.39 is 0 Å². The average molecular weight is 493 g/mol. The molecule has 4 nitrogen and oxygen atoms in total. The molecule has 1 amide bonds. The van der Waals surface area contributed by atoms with Gasteiger partial charge >= 0.3 is 0 Å². The molecule has 29 heavy (non-hydrogen) atoms. The van der Waals surface area contributed by atoms with Gasteiger partial charge in [0.05, 0.1) is 12.1 Å². The number of hydrogen-bond donors (Lipinski definition) is 1. The Morgan fingerprint density at radius 1 is 0.931 bits per heavy atom. The van der Waals surface area contributed by atoms with E-state index in [-0.39, 0.29) is 5.91 Å². The summed E-state index contributed by atoms with van der Waals surface area (Å²) in [6.07, 6.45) is 3.75. The number of carbonyl (C=O) groups excluding carboxylic acids is 1. The SMILES string of the molecule is O=C(NCc1ccccc1-c1ccc(Cn2cccn2)cc1)c1ccccc1I. The van der Waals surface area contributed by atoms with Crippen LogP contribution >= 0.6 is 22.6 Å². The molecule has 0 aliphatic carbocycles.